The third-order valence-corrected chi connectivity index (χ3v) is 1.53. The molecular formula is C9H17N3O3. The van der Waals surface area contributed by atoms with E-state index in [4.69, 9.17) is 4.84 Å². The van der Waals surface area contributed by atoms with E-state index in [0.29, 0.717) is 6.02 Å². The molecule has 0 aromatic carbocycles. The highest BCUT2D eigenvalue weighted by molar-refractivity contribution is 5.84. The third kappa shape index (κ3) is 6.48. The van der Waals surface area contributed by atoms with Gasteiger partial charge in [-0.25, -0.2) is 4.99 Å². The van der Waals surface area contributed by atoms with E-state index in [9.17, 15) is 9.59 Å². The van der Waals surface area contributed by atoms with Crippen LogP contribution in [0, 0.1) is 0 Å². The molecule has 1 amide bonds. The van der Waals surface area contributed by atoms with E-state index in [0.717, 1.165) is 0 Å². The zero-order valence-electron chi connectivity index (χ0n) is 9.53. The minimum Gasteiger partial charge on any atom is -0.340 e. The highest BCUT2D eigenvalue weighted by Gasteiger charge is 2.07. The van der Waals surface area contributed by atoms with Gasteiger partial charge < -0.3 is 14.5 Å². The molecule has 0 aromatic rings. The highest BCUT2D eigenvalue weighted by atomic mass is 16.7. The summed E-state index contributed by atoms with van der Waals surface area (Å²) in [5.41, 5.74) is 2.21. The standard InChI is InChI=1S/C9H17N3O3/c1-7(13)5-6-8(14)11-15-9(10-2)12(3)4/h5-6H2,1-4H3,(H,11,14)/b10-9-. The number of carbonyl (C=O) groups excluding carboxylic acids is 2. The molecule has 1 N–H and O–H groups in total. The van der Waals surface area contributed by atoms with Crippen LogP contribution in [0.15, 0.2) is 4.99 Å². The minimum atomic E-state index is -0.340. The van der Waals surface area contributed by atoms with Crippen molar-refractivity contribution in [2.75, 3.05) is 21.1 Å². The maximum atomic E-state index is 11.1. The van der Waals surface area contributed by atoms with Gasteiger partial charge in [0.2, 0.25) is 0 Å². The predicted octanol–water partition coefficient (Wildman–Crippen LogP) is -0.0492. The Morgan fingerprint density at radius 2 is 1.93 bits per heavy atom. The molecule has 0 aliphatic heterocycles. The van der Waals surface area contributed by atoms with Gasteiger partial charge in [0.1, 0.15) is 5.78 Å². The quantitative estimate of drug-likeness (QED) is 0.407. The molecule has 0 atom stereocenters. The molecule has 0 radical (unpaired) electrons. The second-order valence-electron chi connectivity index (χ2n) is 3.23. The Kier molecular flexibility index (Phi) is 6.08. The molecule has 6 nitrogen and oxygen atoms in total. The Bertz CT molecular complexity index is 261. The number of hydroxylamine groups is 1. The largest absolute Gasteiger partial charge is 0.340 e. The number of nitrogens with zero attached hydrogens (tertiary/aromatic N) is 2. The number of amides is 1. The van der Waals surface area contributed by atoms with Crippen molar-refractivity contribution in [3.63, 3.8) is 0 Å². The monoisotopic (exact) mass is 215 g/mol. The van der Waals surface area contributed by atoms with Crippen molar-refractivity contribution in [2.45, 2.75) is 19.8 Å². The molecule has 0 saturated heterocycles. The zero-order chi connectivity index (χ0) is 11.8. The van der Waals surface area contributed by atoms with Crippen molar-refractivity contribution in [2.24, 2.45) is 4.99 Å². The van der Waals surface area contributed by atoms with Gasteiger partial charge in [-0.2, -0.15) is 5.48 Å². The van der Waals surface area contributed by atoms with E-state index in [1.165, 1.54) is 6.92 Å². The molecule has 0 aliphatic carbocycles. The zero-order valence-corrected chi connectivity index (χ0v) is 9.53. The summed E-state index contributed by atoms with van der Waals surface area (Å²) in [6.45, 7) is 1.44. The summed E-state index contributed by atoms with van der Waals surface area (Å²) in [6, 6.07) is 0.297. The summed E-state index contributed by atoms with van der Waals surface area (Å²) < 4.78 is 0. The van der Waals surface area contributed by atoms with Crippen LogP contribution in [0.1, 0.15) is 19.8 Å². The fraction of sp³-hybridized carbons (Fsp3) is 0.667. The molecule has 0 aliphatic rings. The molecule has 0 saturated carbocycles. The summed E-state index contributed by atoms with van der Waals surface area (Å²) in [5, 5.41) is 0. The van der Waals surface area contributed by atoms with Crippen LogP contribution in [0.3, 0.4) is 0 Å². The Labute approximate surface area is 89.3 Å². The number of ketones is 1. The lowest BCUT2D eigenvalue weighted by atomic mass is 10.2. The third-order valence-electron chi connectivity index (χ3n) is 1.53. The predicted molar refractivity (Wildman–Crippen MR) is 56.2 cm³/mol. The Morgan fingerprint density at radius 3 is 2.33 bits per heavy atom. The maximum absolute atomic E-state index is 11.1. The lowest BCUT2D eigenvalue weighted by Gasteiger charge is -2.14. The van der Waals surface area contributed by atoms with E-state index in [1.807, 2.05) is 0 Å². The van der Waals surface area contributed by atoms with Gasteiger partial charge in [-0.15, -0.1) is 0 Å². The van der Waals surface area contributed by atoms with Crippen molar-refractivity contribution < 1.29 is 14.4 Å². The first-order valence-corrected chi connectivity index (χ1v) is 4.56. The number of amidine groups is 1. The van der Waals surface area contributed by atoms with E-state index in [2.05, 4.69) is 10.5 Å². The fourth-order valence-electron chi connectivity index (χ4n) is 0.780. The van der Waals surface area contributed by atoms with E-state index in [1.54, 1.807) is 26.0 Å². The average molecular weight is 215 g/mol. The minimum absolute atomic E-state index is 0.0258. The summed E-state index contributed by atoms with van der Waals surface area (Å²) in [7, 11) is 5.03. The smallest absolute Gasteiger partial charge is 0.313 e. The van der Waals surface area contributed by atoms with Gasteiger partial charge in [0, 0.05) is 34.0 Å². The van der Waals surface area contributed by atoms with Crippen molar-refractivity contribution in [3.8, 4) is 0 Å². The van der Waals surface area contributed by atoms with Crippen LogP contribution in [0.4, 0.5) is 0 Å². The van der Waals surface area contributed by atoms with Gasteiger partial charge in [0.15, 0.2) is 0 Å². The molecule has 0 heterocycles. The summed E-state index contributed by atoms with van der Waals surface area (Å²) in [6.07, 6.45) is 0.343. The SMILES string of the molecule is C/N=C(\ONC(=O)CCC(C)=O)N(C)C. The Hall–Kier alpha value is -1.59. The van der Waals surface area contributed by atoms with Crippen LogP contribution < -0.4 is 5.48 Å². The average Bonchev–Trinajstić information content (AvgIpc) is 2.15. The number of Topliss-reactive ketones (excluding diaryl/α,β-unsaturated/α-hetero) is 1. The maximum Gasteiger partial charge on any atom is 0.313 e. The molecule has 0 unspecified atom stereocenters. The number of aliphatic imine (C=N–C) groups is 1. The van der Waals surface area contributed by atoms with Crippen LogP contribution >= 0.6 is 0 Å². The molecule has 0 bridgehead atoms. The number of hydrogen-bond donors (Lipinski definition) is 1. The normalized spacial score (nSPS) is 10.8. The first kappa shape index (κ1) is 13.4. The van der Waals surface area contributed by atoms with Crippen LogP contribution in [0.2, 0.25) is 0 Å². The van der Waals surface area contributed by atoms with E-state index < -0.39 is 0 Å². The topological polar surface area (TPSA) is 71.0 Å². The second kappa shape index (κ2) is 6.80. The summed E-state index contributed by atoms with van der Waals surface area (Å²) >= 11 is 0. The number of hydrogen-bond acceptors (Lipinski definition) is 4. The van der Waals surface area contributed by atoms with Gasteiger partial charge in [-0.3, -0.25) is 4.79 Å². The molecular weight excluding hydrogens is 198 g/mol. The second-order valence-corrected chi connectivity index (χ2v) is 3.23. The van der Waals surface area contributed by atoms with Crippen molar-refractivity contribution in [1.82, 2.24) is 10.4 Å². The van der Waals surface area contributed by atoms with Gasteiger partial charge in [-0.05, 0) is 6.92 Å². The van der Waals surface area contributed by atoms with E-state index in [-0.39, 0.29) is 24.5 Å². The molecule has 0 fully saturated rings. The van der Waals surface area contributed by atoms with Gasteiger partial charge in [-0.1, -0.05) is 0 Å². The number of carbonyl (C=O) groups is 2. The van der Waals surface area contributed by atoms with Crippen LogP contribution in [-0.2, 0) is 14.4 Å². The highest BCUT2D eigenvalue weighted by Crippen LogP contribution is 1.91. The lowest BCUT2D eigenvalue weighted by molar-refractivity contribution is -0.130. The van der Waals surface area contributed by atoms with Crippen LogP contribution in [0.25, 0.3) is 0 Å². The van der Waals surface area contributed by atoms with Gasteiger partial charge in [0.05, 0.1) is 0 Å². The van der Waals surface area contributed by atoms with Crippen molar-refractivity contribution >= 4 is 17.7 Å². The molecule has 15 heavy (non-hydrogen) atoms. The first-order chi connectivity index (χ1) is 6.97. The van der Waals surface area contributed by atoms with Crippen LogP contribution in [0.5, 0.6) is 0 Å². The Morgan fingerprint density at radius 1 is 1.33 bits per heavy atom. The molecule has 0 spiro atoms. The Balaban J connectivity index is 3.84. The first-order valence-electron chi connectivity index (χ1n) is 4.56. The fourth-order valence-corrected chi connectivity index (χ4v) is 0.780. The van der Waals surface area contributed by atoms with Gasteiger partial charge >= 0.3 is 6.02 Å². The number of rotatable bonds is 3. The van der Waals surface area contributed by atoms with Crippen LogP contribution in [-0.4, -0.2) is 43.8 Å². The molecule has 0 aromatic heterocycles. The van der Waals surface area contributed by atoms with Crippen molar-refractivity contribution in [3.05, 3.63) is 0 Å². The number of nitrogens with one attached hydrogen (secondary N) is 1. The van der Waals surface area contributed by atoms with E-state index >= 15 is 0 Å². The van der Waals surface area contributed by atoms with Crippen molar-refractivity contribution in [1.29, 1.82) is 0 Å². The summed E-state index contributed by atoms with van der Waals surface area (Å²) in [5.74, 6) is -0.365. The molecule has 6 heteroatoms. The summed E-state index contributed by atoms with van der Waals surface area (Å²) in [4.78, 5) is 32.0. The molecule has 86 valence electrons. The lowest BCUT2D eigenvalue weighted by Crippen LogP contribution is -2.34. The van der Waals surface area contributed by atoms with Gasteiger partial charge in [0.25, 0.3) is 5.91 Å². The molecule has 0 rings (SSSR count).